The van der Waals surface area contributed by atoms with Crippen molar-refractivity contribution in [1.82, 2.24) is 25.0 Å². The second-order valence-electron chi connectivity index (χ2n) is 7.07. The topological polar surface area (TPSA) is 85.6 Å². The van der Waals surface area contributed by atoms with Crippen LogP contribution in [0, 0.1) is 31.3 Å². The summed E-state index contributed by atoms with van der Waals surface area (Å²) in [6.07, 6.45) is 0. The first-order valence-corrected chi connectivity index (χ1v) is 10.7. The first-order valence-electron chi connectivity index (χ1n) is 9.72. The van der Waals surface area contributed by atoms with Crippen LogP contribution >= 0.6 is 11.8 Å². The van der Waals surface area contributed by atoms with Crippen molar-refractivity contribution in [3.05, 3.63) is 88.8 Å². The molecule has 2 aromatic carbocycles. The first-order chi connectivity index (χ1) is 15.8. The number of carbonyl (C=O) groups excluding carboxylic acids is 1. The molecule has 4 aromatic rings. The molecule has 2 heterocycles. The zero-order valence-corrected chi connectivity index (χ0v) is 18.3. The van der Waals surface area contributed by atoms with Gasteiger partial charge in [-0.1, -0.05) is 17.0 Å². The summed E-state index contributed by atoms with van der Waals surface area (Å²) in [6.45, 7) is 3.69. The normalized spacial score (nSPS) is 10.9. The fourth-order valence-electron chi connectivity index (χ4n) is 3.06. The van der Waals surface area contributed by atoms with E-state index in [1.54, 1.807) is 0 Å². The largest absolute Gasteiger partial charge is 0.318 e. The van der Waals surface area contributed by atoms with Crippen LogP contribution in [0.1, 0.15) is 27.6 Å². The number of nitrogens with zero attached hydrogens (tertiary/aromatic N) is 5. The lowest BCUT2D eigenvalue weighted by Gasteiger charge is -2.09. The van der Waals surface area contributed by atoms with Crippen LogP contribution in [0.25, 0.3) is 5.69 Å². The number of hydrogen-bond acceptors (Lipinski definition) is 6. The molecule has 2 aromatic heterocycles. The minimum atomic E-state index is -0.796. The van der Waals surface area contributed by atoms with Crippen molar-refractivity contribution >= 4 is 23.4 Å². The predicted octanol–water partition coefficient (Wildman–Crippen LogP) is 4.64. The molecule has 0 aliphatic rings. The van der Waals surface area contributed by atoms with Crippen LogP contribution in [0.4, 0.5) is 18.9 Å². The van der Waals surface area contributed by atoms with E-state index in [2.05, 4.69) is 25.6 Å². The van der Waals surface area contributed by atoms with Gasteiger partial charge in [0.05, 0.1) is 17.1 Å². The van der Waals surface area contributed by atoms with E-state index in [9.17, 15) is 18.0 Å². The molecule has 11 heteroatoms. The molecule has 0 unspecified atom stereocenters. The van der Waals surface area contributed by atoms with Gasteiger partial charge < -0.3 is 5.32 Å². The van der Waals surface area contributed by atoms with E-state index < -0.39 is 23.4 Å². The summed E-state index contributed by atoms with van der Waals surface area (Å²) in [7, 11) is 0. The Morgan fingerprint density at radius 1 is 0.970 bits per heavy atom. The number of halogens is 3. The number of rotatable bonds is 6. The first kappa shape index (κ1) is 22.5. The lowest BCUT2D eigenvalue weighted by Crippen LogP contribution is -2.16. The monoisotopic (exact) mass is 470 g/mol. The van der Waals surface area contributed by atoms with E-state index in [1.807, 2.05) is 19.9 Å². The Morgan fingerprint density at radius 2 is 1.64 bits per heavy atom. The van der Waals surface area contributed by atoms with Crippen molar-refractivity contribution in [2.45, 2.75) is 24.8 Å². The van der Waals surface area contributed by atoms with Gasteiger partial charge >= 0.3 is 0 Å². The Hall–Kier alpha value is -3.73. The molecule has 0 aliphatic carbocycles. The number of amides is 1. The molecule has 0 atom stereocenters. The molecule has 1 N–H and O–H groups in total. The van der Waals surface area contributed by atoms with E-state index >= 15 is 0 Å². The summed E-state index contributed by atoms with van der Waals surface area (Å²) >= 11 is 1.25. The Balaban J connectivity index is 1.69. The number of hydrogen-bond donors (Lipinski definition) is 1. The molecule has 0 saturated heterocycles. The van der Waals surface area contributed by atoms with Gasteiger partial charge in [-0.3, -0.25) is 4.79 Å². The third-order valence-electron chi connectivity index (χ3n) is 4.53. The predicted molar refractivity (Wildman–Crippen MR) is 117 cm³/mol. The Labute approximate surface area is 191 Å². The van der Waals surface area contributed by atoms with Gasteiger partial charge in [0, 0.05) is 23.2 Å². The van der Waals surface area contributed by atoms with Crippen LogP contribution in [0.5, 0.6) is 0 Å². The Bertz CT molecular complexity index is 1310. The van der Waals surface area contributed by atoms with E-state index in [4.69, 9.17) is 0 Å². The summed E-state index contributed by atoms with van der Waals surface area (Å²) in [5.74, 6) is -2.52. The smallest absolute Gasteiger partial charge is 0.278 e. The second kappa shape index (κ2) is 9.41. The zero-order valence-electron chi connectivity index (χ0n) is 17.5. The molecule has 0 fully saturated rings. The summed E-state index contributed by atoms with van der Waals surface area (Å²) in [6, 6.07) is 10.0. The van der Waals surface area contributed by atoms with Crippen molar-refractivity contribution in [2.24, 2.45) is 0 Å². The van der Waals surface area contributed by atoms with Crippen LogP contribution < -0.4 is 5.32 Å². The second-order valence-corrected chi connectivity index (χ2v) is 8.02. The average Bonchev–Trinajstić information content (AvgIpc) is 3.19. The van der Waals surface area contributed by atoms with Gasteiger partial charge in [-0.15, -0.1) is 5.10 Å². The highest BCUT2D eigenvalue weighted by Gasteiger charge is 2.22. The third-order valence-corrected chi connectivity index (χ3v) is 5.38. The van der Waals surface area contributed by atoms with Crippen molar-refractivity contribution in [2.75, 3.05) is 5.32 Å². The molecule has 0 saturated carbocycles. The van der Waals surface area contributed by atoms with Crippen LogP contribution in [0.15, 0.2) is 53.7 Å². The quantitative estimate of drug-likeness (QED) is 0.327. The lowest BCUT2D eigenvalue weighted by molar-refractivity contribution is 0.102. The molecule has 7 nitrogen and oxygen atoms in total. The molecule has 0 bridgehead atoms. The minimum Gasteiger partial charge on any atom is -0.318 e. The molecule has 4 rings (SSSR count). The molecule has 168 valence electrons. The SMILES string of the molecule is Cc1cc(C)nc(SCc2c(C(=O)Nc3cc(F)ccc3F)nnn2-c2ccc(F)cc2)n1. The zero-order chi connectivity index (χ0) is 23.5. The van der Waals surface area contributed by atoms with E-state index in [1.165, 1.54) is 40.7 Å². The Kier molecular flexibility index (Phi) is 6.40. The van der Waals surface area contributed by atoms with E-state index in [0.29, 0.717) is 16.5 Å². The van der Waals surface area contributed by atoms with Crippen LogP contribution in [0.3, 0.4) is 0 Å². The van der Waals surface area contributed by atoms with Gasteiger partial charge in [0.2, 0.25) is 0 Å². The summed E-state index contributed by atoms with van der Waals surface area (Å²) in [4.78, 5) is 21.6. The fourth-order valence-corrected chi connectivity index (χ4v) is 4.00. The molecule has 0 spiro atoms. The van der Waals surface area contributed by atoms with E-state index in [0.717, 1.165) is 29.6 Å². The number of aryl methyl sites for hydroxylation is 2. The summed E-state index contributed by atoms with van der Waals surface area (Å²) in [5.41, 5.74) is 1.97. The molecular formula is C22H17F3N6OS. The molecule has 0 radical (unpaired) electrons. The van der Waals surface area contributed by atoms with Crippen LogP contribution in [0.2, 0.25) is 0 Å². The van der Waals surface area contributed by atoms with Crippen LogP contribution in [-0.2, 0) is 5.75 Å². The fraction of sp³-hybridized carbons (Fsp3) is 0.136. The molecule has 0 aliphatic heterocycles. The number of thioether (sulfide) groups is 1. The number of anilines is 1. The Morgan fingerprint density at radius 3 is 2.33 bits per heavy atom. The van der Waals surface area contributed by atoms with Gasteiger partial charge in [-0.2, -0.15) is 0 Å². The number of nitrogens with one attached hydrogen (secondary N) is 1. The maximum Gasteiger partial charge on any atom is 0.278 e. The average molecular weight is 470 g/mol. The third kappa shape index (κ3) is 5.20. The maximum atomic E-state index is 14.0. The number of carbonyl (C=O) groups is 1. The van der Waals surface area contributed by atoms with Crippen molar-refractivity contribution in [3.63, 3.8) is 0 Å². The molecule has 33 heavy (non-hydrogen) atoms. The van der Waals surface area contributed by atoms with Crippen molar-refractivity contribution in [3.8, 4) is 5.69 Å². The lowest BCUT2D eigenvalue weighted by atomic mass is 10.2. The van der Waals surface area contributed by atoms with E-state index in [-0.39, 0.29) is 17.1 Å². The highest BCUT2D eigenvalue weighted by atomic mass is 32.2. The maximum absolute atomic E-state index is 14.0. The number of benzene rings is 2. The highest BCUT2D eigenvalue weighted by molar-refractivity contribution is 7.98. The van der Waals surface area contributed by atoms with Gasteiger partial charge in [0.25, 0.3) is 5.91 Å². The van der Waals surface area contributed by atoms with Crippen LogP contribution in [-0.4, -0.2) is 30.9 Å². The molecular weight excluding hydrogens is 453 g/mol. The van der Waals surface area contributed by atoms with Crippen molar-refractivity contribution in [1.29, 1.82) is 0 Å². The number of aromatic nitrogens is 5. The summed E-state index contributed by atoms with van der Waals surface area (Å²) < 4.78 is 42.3. The van der Waals surface area contributed by atoms with Gasteiger partial charge in [0.1, 0.15) is 17.5 Å². The van der Waals surface area contributed by atoms with Gasteiger partial charge in [-0.05, 0) is 56.3 Å². The van der Waals surface area contributed by atoms with Gasteiger partial charge in [-0.25, -0.2) is 27.8 Å². The van der Waals surface area contributed by atoms with Crippen molar-refractivity contribution < 1.29 is 18.0 Å². The minimum absolute atomic E-state index is 0.0974. The standard InChI is InChI=1S/C22H17F3N6OS/c1-12-9-13(2)27-22(26-12)33-11-19-20(21(32)28-18-10-15(24)5-8-17(18)25)29-30-31(19)16-6-3-14(23)4-7-16/h3-10H,11H2,1-2H3,(H,28,32). The van der Waals surface area contributed by atoms with Gasteiger partial charge in [0.15, 0.2) is 10.9 Å². The molecule has 1 amide bonds. The highest BCUT2D eigenvalue weighted by Crippen LogP contribution is 2.25. The summed E-state index contributed by atoms with van der Waals surface area (Å²) in [5, 5.41) is 10.8.